The second kappa shape index (κ2) is 9.06. The smallest absolute Gasteiger partial charge is 0.261 e. The van der Waals surface area contributed by atoms with Crippen LogP contribution in [-0.4, -0.2) is 25.4 Å². The van der Waals surface area contributed by atoms with Crippen LogP contribution in [0.5, 0.6) is 0 Å². The molecule has 1 amide bonds. The van der Waals surface area contributed by atoms with Crippen molar-refractivity contribution in [3.05, 3.63) is 96.7 Å². The average Bonchev–Trinajstić information content (AvgIpc) is 3.20. The monoisotopic (exact) mass is 433 g/mol. The Bertz CT molecular complexity index is 1280. The van der Waals surface area contributed by atoms with Crippen molar-refractivity contribution in [3.8, 4) is 0 Å². The number of aryl methyl sites for hydroxylation is 1. The lowest BCUT2D eigenvalue weighted by atomic mass is 10.2. The molecule has 0 aliphatic carbocycles. The highest BCUT2D eigenvalue weighted by atomic mass is 32.2. The van der Waals surface area contributed by atoms with Crippen molar-refractivity contribution in [2.45, 2.75) is 17.9 Å². The largest absolute Gasteiger partial charge is 0.352 e. The summed E-state index contributed by atoms with van der Waals surface area (Å²) in [5, 5.41) is 4.12. The number of benzene rings is 3. The number of hydrogen-bond donors (Lipinski definition) is 2. The molecule has 158 valence electrons. The van der Waals surface area contributed by atoms with Gasteiger partial charge in [0.15, 0.2) is 0 Å². The van der Waals surface area contributed by atoms with E-state index in [4.69, 9.17) is 0 Å². The van der Waals surface area contributed by atoms with E-state index in [-0.39, 0.29) is 10.8 Å². The van der Waals surface area contributed by atoms with Crippen LogP contribution in [0.3, 0.4) is 0 Å². The zero-order valence-corrected chi connectivity index (χ0v) is 17.7. The van der Waals surface area contributed by atoms with E-state index < -0.39 is 10.0 Å². The van der Waals surface area contributed by atoms with Gasteiger partial charge in [0.1, 0.15) is 0 Å². The zero-order chi connectivity index (χ0) is 21.7. The topological polar surface area (TPSA) is 80.2 Å². The molecule has 0 saturated heterocycles. The molecule has 0 saturated carbocycles. The number of amides is 1. The number of nitrogens with zero attached hydrogens (tertiary/aromatic N) is 1. The molecule has 0 aliphatic rings. The zero-order valence-electron chi connectivity index (χ0n) is 16.9. The molecule has 0 fully saturated rings. The first-order chi connectivity index (χ1) is 15.0. The summed E-state index contributed by atoms with van der Waals surface area (Å²) in [7, 11) is -3.65. The summed E-state index contributed by atoms with van der Waals surface area (Å²) in [6, 6.07) is 24.8. The van der Waals surface area contributed by atoms with E-state index in [1.165, 1.54) is 23.0 Å². The highest BCUT2D eigenvalue weighted by Crippen LogP contribution is 2.17. The number of aromatic nitrogens is 1. The predicted molar refractivity (Wildman–Crippen MR) is 123 cm³/mol. The number of para-hydroxylation sites is 1. The maximum Gasteiger partial charge on any atom is 0.261 e. The minimum absolute atomic E-state index is 0.185. The Morgan fingerprint density at radius 3 is 2.32 bits per heavy atom. The summed E-state index contributed by atoms with van der Waals surface area (Å²) in [4.78, 5) is 12.6. The molecule has 4 aromatic rings. The Balaban J connectivity index is 1.29. The minimum Gasteiger partial charge on any atom is -0.352 e. The van der Waals surface area contributed by atoms with Crippen LogP contribution in [0.2, 0.25) is 0 Å². The van der Waals surface area contributed by atoms with Gasteiger partial charge in [-0.05, 0) is 60.3 Å². The lowest BCUT2D eigenvalue weighted by Gasteiger charge is -2.10. The molecule has 4 rings (SSSR count). The number of nitrogens with one attached hydrogen (secondary N) is 2. The molecule has 1 heterocycles. The Kier molecular flexibility index (Phi) is 6.04. The molecule has 7 heteroatoms. The van der Waals surface area contributed by atoms with Crippen molar-refractivity contribution in [1.82, 2.24) is 9.88 Å². The number of rotatable bonds is 8. The maximum absolute atomic E-state index is 12.4. The van der Waals surface area contributed by atoms with E-state index in [0.29, 0.717) is 17.8 Å². The Hall–Kier alpha value is -3.58. The van der Waals surface area contributed by atoms with Crippen molar-refractivity contribution in [2.24, 2.45) is 0 Å². The highest BCUT2D eigenvalue weighted by Gasteiger charge is 2.13. The Morgan fingerprint density at radius 2 is 1.55 bits per heavy atom. The standard InChI is InChI=1S/C24H23N3O3S/c28-24(25-16-6-17-27-18-15-19-7-4-5-10-23(19)27)20-11-13-21(14-12-20)26-31(29,30)22-8-2-1-3-9-22/h1-5,7-15,18,26H,6,16-17H2,(H,25,28). The third-order valence-corrected chi connectivity index (χ3v) is 6.39. The van der Waals surface area contributed by atoms with E-state index in [0.717, 1.165) is 13.0 Å². The molecule has 0 unspecified atom stereocenters. The van der Waals surface area contributed by atoms with Crippen LogP contribution in [0, 0.1) is 0 Å². The Morgan fingerprint density at radius 1 is 0.839 bits per heavy atom. The van der Waals surface area contributed by atoms with Gasteiger partial charge in [0.05, 0.1) is 4.90 Å². The van der Waals surface area contributed by atoms with E-state index in [1.54, 1.807) is 42.5 Å². The van der Waals surface area contributed by atoms with Gasteiger partial charge >= 0.3 is 0 Å². The van der Waals surface area contributed by atoms with Crippen LogP contribution in [0.1, 0.15) is 16.8 Å². The third kappa shape index (κ3) is 4.95. The molecule has 0 aliphatic heterocycles. The van der Waals surface area contributed by atoms with Crippen molar-refractivity contribution in [2.75, 3.05) is 11.3 Å². The molecular weight excluding hydrogens is 410 g/mol. The van der Waals surface area contributed by atoms with Crippen LogP contribution in [-0.2, 0) is 16.6 Å². The predicted octanol–water partition coefficient (Wildman–Crippen LogP) is 4.26. The normalized spacial score (nSPS) is 11.4. The average molecular weight is 434 g/mol. The molecule has 0 bridgehead atoms. The first-order valence-corrected chi connectivity index (χ1v) is 11.5. The lowest BCUT2D eigenvalue weighted by Crippen LogP contribution is -2.25. The number of hydrogen-bond acceptors (Lipinski definition) is 3. The van der Waals surface area contributed by atoms with E-state index in [2.05, 4.69) is 39.0 Å². The van der Waals surface area contributed by atoms with Gasteiger partial charge in [-0.2, -0.15) is 0 Å². The number of fused-ring (bicyclic) bond motifs is 1. The van der Waals surface area contributed by atoms with Crippen molar-refractivity contribution < 1.29 is 13.2 Å². The molecule has 0 spiro atoms. The molecule has 31 heavy (non-hydrogen) atoms. The maximum atomic E-state index is 12.4. The van der Waals surface area contributed by atoms with E-state index >= 15 is 0 Å². The van der Waals surface area contributed by atoms with Gasteiger partial charge in [-0.25, -0.2) is 8.42 Å². The summed E-state index contributed by atoms with van der Waals surface area (Å²) >= 11 is 0. The van der Waals surface area contributed by atoms with Crippen LogP contribution in [0.4, 0.5) is 5.69 Å². The van der Waals surface area contributed by atoms with Gasteiger partial charge in [0, 0.05) is 36.1 Å². The van der Waals surface area contributed by atoms with Gasteiger partial charge in [0.2, 0.25) is 0 Å². The molecule has 1 aromatic heterocycles. The number of carbonyl (C=O) groups excluding carboxylic acids is 1. The molecule has 6 nitrogen and oxygen atoms in total. The summed E-state index contributed by atoms with van der Waals surface area (Å²) in [5.41, 5.74) is 2.07. The van der Waals surface area contributed by atoms with E-state index in [1.807, 2.05) is 12.1 Å². The molecule has 0 atom stereocenters. The minimum atomic E-state index is -3.65. The summed E-state index contributed by atoms with van der Waals surface area (Å²) in [6.45, 7) is 1.36. The fourth-order valence-corrected chi connectivity index (χ4v) is 4.47. The molecular formula is C24H23N3O3S. The first kappa shape index (κ1) is 20.7. The lowest BCUT2D eigenvalue weighted by molar-refractivity contribution is 0.0953. The van der Waals surface area contributed by atoms with Crippen LogP contribution < -0.4 is 10.0 Å². The Labute approximate surface area is 181 Å². The fourth-order valence-electron chi connectivity index (χ4n) is 3.39. The molecule has 3 aromatic carbocycles. The quantitative estimate of drug-likeness (QED) is 0.408. The van der Waals surface area contributed by atoms with Crippen molar-refractivity contribution in [1.29, 1.82) is 0 Å². The van der Waals surface area contributed by atoms with Gasteiger partial charge in [-0.1, -0.05) is 36.4 Å². The van der Waals surface area contributed by atoms with Crippen LogP contribution in [0.15, 0.2) is 96.0 Å². The summed E-state index contributed by atoms with van der Waals surface area (Å²) in [5.74, 6) is -0.185. The number of sulfonamides is 1. The van der Waals surface area contributed by atoms with Crippen LogP contribution in [0.25, 0.3) is 10.9 Å². The summed E-state index contributed by atoms with van der Waals surface area (Å²) in [6.07, 6.45) is 2.86. The highest BCUT2D eigenvalue weighted by molar-refractivity contribution is 7.92. The fraction of sp³-hybridized carbons (Fsp3) is 0.125. The summed E-state index contributed by atoms with van der Waals surface area (Å²) < 4.78 is 29.5. The second-order valence-electron chi connectivity index (χ2n) is 7.17. The molecule has 0 radical (unpaired) electrons. The second-order valence-corrected chi connectivity index (χ2v) is 8.86. The van der Waals surface area contributed by atoms with Crippen molar-refractivity contribution in [3.63, 3.8) is 0 Å². The number of anilines is 1. The van der Waals surface area contributed by atoms with Crippen molar-refractivity contribution >= 4 is 32.5 Å². The van der Waals surface area contributed by atoms with Gasteiger partial charge in [-0.15, -0.1) is 0 Å². The van der Waals surface area contributed by atoms with Gasteiger partial charge in [-0.3, -0.25) is 9.52 Å². The molecule has 2 N–H and O–H groups in total. The SMILES string of the molecule is O=C(NCCCn1ccc2ccccc21)c1ccc(NS(=O)(=O)c2ccccc2)cc1. The van der Waals surface area contributed by atoms with Gasteiger partial charge in [0.25, 0.3) is 15.9 Å². The number of carbonyl (C=O) groups is 1. The first-order valence-electron chi connectivity index (χ1n) is 10.0. The van der Waals surface area contributed by atoms with Gasteiger partial charge < -0.3 is 9.88 Å². The van der Waals surface area contributed by atoms with E-state index in [9.17, 15) is 13.2 Å². The van der Waals surface area contributed by atoms with Crippen LogP contribution >= 0.6 is 0 Å². The third-order valence-electron chi connectivity index (χ3n) is 4.99.